The molecule has 74 valence electrons. The van der Waals surface area contributed by atoms with Gasteiger partial charge in [-0.05, 0) is 12.0 Å². The van der Waals surface area contributed by atoms with Gasteiger partial charge in [0.25, 0.3) is 0 Å². The summed E-state index contributed by atoms with van der Waals surface area (Å²) in [4.78, 5) is 21.1. The van der Waals surface area contributed by atoms with Gasteiger partial charge in [-0.2, -0.15) is 0 Å². The Bertz CT molecular complexity index is 349. The smallest absolute Gasteiger partial charge is 0.320 e. The largest absolute Gasteiger partial charge is 0.480 e. The average molecular weight is 193 g/mol. The van der Waals surface area contributed by atoms with Crippen molar-refractivity contribution < 1.29 is 14.7 Å². The molecule has 4 heteroatoms. The van der Waals surface area contributed by atoms with Crippen LogP contribution in [0.4, 0.5) is 0 Å². The van der Waals surface area contributed by atoms with Crippen LogP contribution in [0, 0.1) is 0 Å². The third-order valence-electron chi connectivity index (χ3n) is 1.94. The Morgan fingerprint density at radius 1 is 1.50 bits per heavy atom. The van der Waals surface area contributed by atoms with Crippen molar-refractivity contribution in [1.82, 2.24) is 0 Å². The maximum Gasteiger partial charge on any atom is 0.320 e. The monoisotopic (exact) mass is 193 g/mol. The fourth-order valence-corrected chi connectivity index (χ4v) is 1.16. The molecule has 1 aromatic carbocycles. The Hall–Kier alpha value is -1.68. The van der Waals surface area contributed by atoms with Crippen molar-refractivity contribution in [2.24, 2.45) is 5.73 Å². The Morgan fingerprint density at radius 2 is 2.14 bits per heavy atom. The standard InChI is InChI=1S/C10H11NO3/c11-9(10(13)14)5-7-3-1-2-4-8(7)6-12/h1-4,6,9H,5,11H2,(H,13,14). The zero-order valence-electron chi connectivity index (χ0n) is 7.51. The molecule has 1 aromatic rings. The van der Waals surface area contributed by atoms with Gasteiger partial charge >= 0.3 is 5.97 Å². The predicted molar refractivity (Wildman–Crippen MR) is 51.1 cm³/mol. The lowest BCUT2D eigenvalue weighted by Gasteiger charge is -2.07. The van der Waals surface area contributed by atoms with Crippen LogP contribution < -0.4 is 5.73 Å². The molecule has 0 amide bonds. The number of carboxylic acid groups (broad SMARTS) is 1. The highest BCUT2D eigenvalue weighted by Crippen LogP contribution is 2.08. The minimum absolute atomic E-state index is 0.171. The number of carbonyl (C=O) groups is 2. The molecule has 1 atom stereocenters. The first-order valence-corrected chi connectivity index (χ1v) is 4.16. The Morgan fingerprint density at radius 3 is 2.71 bits per heavy atom. The molecular weight excluding hydrogens is 182 g/mol. The van der Waals surface area contributed by atoms with Gasteiger partial charge < -0.3 is 10.8 Å². The van der Waals surface area contributed by atoms with Crippen LogP contribution in [0.2, 0.25) is 0 Å². The quantitative estimate of drug-likeness (QED) is 0.680. The normalized spacial score (nSPS) is 12.1. The number of benzene rings is 1. The lowest BCUT2D eigenvalue weighted by atomic mass is 10.0. The molecule has 0 aliphatic rings. The number of hydrogen-bond acceptors (Lipinski definition) is 3. The van der Waals surface area contributed by atoms with E-state index in [9.17, 15) is 9.59 Å². The van der Waals surface area contributed by atoms with Crippen LogP contribution in [-0.4, -0.2) is 23.4 Å². The third-order valence-corrected chi connectivity index (χ3v) is 1.94. The number of rotatable bonds is 4. The molecule has 1 rings (SSSR count). The molecule has 1 unspecified atom stereocenters. The summed E-state index contributed by atoms with van der Waals surface area (Å²) < 4.78 is 0. The molecule has 0 heterocycles. The number of nitrogens with two attached hydrogens (primary N) is 1. The highest BCUT2D eigenvalue weighted by atomic mass is 16.4. The summed E-state index contributed by atoms with van der Waals surface area (Å²) in [5.74, 6) is -1.06. The summed E-state index contributed by atoms with van der Waals surface area (Å²) in [5, 5.41) is 8.59. The molecule has 0 saturated carbocycles. The van der Waals surface area contributed by atoms with E-state index in [4.69, 9.17) is 10.8 Å². The third kappa shape index (κ3) is 2.40. The SMILES string of the molecule is NC(Cc1ccccc1C=O)C(=O)O. The lowest BCUT2D eigenvalue weighted by Crippen LogP contribution is -2.32. The predicted octanol–water partition coefficient (Wildman–Crippen LogP) is 0.453. The highest BCUT2D eigenvalue weighted by Gasteiger charge is 2.13. The number of aliphatic carboxylic acids is 1. The van der Waals surface area contributed by atoms with E-state index >= 15 is 0 Å². The van der Waals surface area contributed by atoms with E-state index in [1.165, 1.54) is 0 Å². The van der Waals surface area contributed by atoms with Crippen LogP contribution in [0.25, 0.3) is 0 Å². The van der Waals surface area contributed by atoms with Crippen LogP contribution in [0.15, 0.2) is 24.3 Å². The Kier molecular flexibility index (Phi) is 3.36. The van der Waals surface area contributed by atoms with Gasteiger partial charge in [0.1, 0.15) is 12.3 Å². The van der Waals surface area contributed by atoms with E-state index in [1.807, 2.05) is 0 Å². The molecular formula is C10H11NO3. The van der Waals surface area contributed by atoms with Gasteiger partial charge in [-0.15, -0.1) is 0 Å². The van der Waals surface area contributed by atoms with Gasteiger partial charge in [0.05, 0.1) is 0 Å². The molecule has 0 aliphatic carbocycles. The molecule has 0 aromatic heterocycles. The van der Waals surface area contributed by atoms with Gasteiger partial charge in [-0.25, -0.2) is 0 Å². The summed E-state index contributed by atoms with van der Waals surface area (Å²) in [7, 11) is 0. The van der Waals surface area contributed by atoms with Crippen LogP contribution in [-0.2, 0) is 11.2 Å². The first-order chi connectivity index (χ1) is 6.65. The van der Waals surface area contributed by atoms with Gasteiger partial charge in [0, 0.05) is 5.56 Å². The molecule has 0 bridgehead atoms. The van der Waals surface area contributed by atoms with Crippen molar-refractivity contribution in [3.8, 4) is 0 Å². The molecule has 4 nitrogen and oxygen atoms in total. The molecule has 0 radical (unpaired) electrons. The summed E-state index contributed by atoms with van der Waals surface area (Å²) >= 11 is 0. The van der Waals surface area contributed by atoms with Crippen LogP contribution in [0.5, 0.6) is 0 Å². The van der Waals surface area contributed by atoms with E-state index in [-0.39, 0.29) is 6.42 Å². The van der Waals surface area contributed by atoms with Crippen molar-refractivity contribution in [3.05, 3.63) is 35.4 Å². The second-order valence-corrected chi connectivity index (χ2v) is 2.97. The van der Waals surface area contributed by atoms with Gasteiger partial charge in [-0.1, -0.05) is 24.3 Å². The first kappa shape index (κ1) is 10.4. The molecule has 0 saturated heterocycles. The molecule has 0 aliphatic heterocycles. The van der Waals surface area contributed by atoms with E-state index in [0.29, 0.717) is 17.4 Å². The molecule has 0 spiro atoms. The summed E-state index contributed by atoms with van der Waals surface area (Å²) in [5.41, 5.74) is 6.51. The second kappa shape index (κ2) is 4.53. The molecule has 0 fully saturated rings. The van der Waals surface area contributed by atoms with E-state index < -0.39 is 12.0 Å². The minimum atomic E-state index is -1.06. The summed E-state index contributed by atoms with van der Waals surface area (Å²) in [6.45, 7) is 0. The fraction of sp³-hybridized carbons (Fsp3) is 0.200. The van der Waals surface area contributed by atoms with Crippen LogP contribution >= 0.6 is 0 Å². The van der Waals surface area contributed by atoms with Crippen molar-refractivity contribution in [2.45, 2.75) is 12.5 Å². The number of aldehydes is 1. The lowest BCUT2D eigenvalue weighted by molar-refractivity contribution is -0.138. The van der Waals surface area contributed by atoms with Crippen molar-refractivity contribution in [3.63, 3.8) is 0 Å². The maximum absolute atomic E-state index is 10.6. The Balaban J connectivity index is 2.85. The van der Waals surface area contributed by atoms with Crippen LogP contribution in [0.3, 0.4) is 0 Å². The van der Waals surface area contributed by atoms with Gasteiger partial charge in [0.15, 0.2) is 0 Å². The summed E-state index contributed by atoms with van der Waals surface area (Å²) in [6.07, 6.45) is 0.869. The highest BCUT2D eigenvalue weighted by molar-refractivity contribution is 5.78. The van der Waals surface area contributed by atoms with E-state index in [2.05, 4.69) is 0 Å². The van der Waals surface area contributed by atoms with Crippen molar-refractivity contribution in [1.29, 1.82) is 0 Å². The zero-order valence-corrected chi connectivity index (χ0v) is 7.51. The number of hydrogen-bond donors (Lipinski definition) is 2. The maximum atomic E-state index is 10.6. The van der Waals surface area contributed by atoms with Gasteiger partial charge in [0.2, 0.25) is 0 Å². The average Bonchev–Trinajstić information content (AvgIpc) is 2.18. The summed E-state index contributed by atoms with van der Waals surface area (Å²) in [6, 6.07) is 5.84. The zero-order chi connectivity index (χ0) is 10.6. The second-order valence-electron chi connectivity index (χ2n) is 2.97. The van der Waals surface area contributed by atoms with Crippen LogP contribution in [0.1, 0.15) is 15.9 Å². The van der Waals surface area contributed by atoms with E-state index in [0.717, 1.165) is 0 Å². The first-order valence-electron chi connectivity index (χ1n) is 4.16. The number of carboxylic acids is 1. The topological polar surface area (TPSA) is 80.4 Å². The van der Waals surface area contributed by atoms with Crippen molar-refractivity contribution in [2.75, 3.05) is 0 Å². The minimum Gasteiger partial charge on any atom is -0.480 e. The van der Waals surface area contributed by atoms with Gasteiger partial charge in [-0.3, -0.25) is 9.59 Å². The number of carbonyl (C=O) groups excluding carboxylic acids is 1. The molecule has 14 heavy (non-hydrogen) atoms. The molecule has 3 N–H and O–H groups in total. The van der Waals surface area contributed by atoms with E-state index in [1.54, 1.807) is 24.3 Å². The van der Waals surface area contributed by atoms with Crippen molar-refractivity contribution >= 4 is 12.3 Å². The fourth-order valence-electron chi connectivity index (χ4n) is 1.16. The Labute approximate surface area is 81.3 Å².